The summed E-state index contributed by atoms with van der Waals surface area (Å²) in [6.45, 7) is 0. The molecule has 0 aliphatic heterocycles. The normalized spacial score (nSPS) is 10.8. The standard InChI is InChI=1S/C7H2Cl2F3NO2.Na/c8-3-1-2(7(10,11)12)4(6(14)15)5(9)13-3;/h1H,(H,14,15);/q;+1/p-1. The van der Waals surface area contributed by atoms with Crippen LogP contribution in [0.2, 0.25) is 10.3 Å². The van der Waals surface area contributed by atoms with Crippen LogP contribution in [-0.4, -0.2) is 11.0 Å². The van der Waals surface area contributed by atoms with Gasteiger partial charge in [0.1, 0.15) is 10.3 Å². The van der Waals surface area contributed by atoms with Crippen molar-refractivity contribution >= 4 is 29.2 Å². The van der Waals surface area contributed by atoms with E-state index in [0.717, 1.165) is 0 Å². The fourth-order valence-corrected chi connectivity index (χ4v) is 1.41. The molecule has 0 saturated heterocycles. The second-order valence-corrected chi connectivity index (χ2v) is 3.19. The number of carbonyl (C=O) groups is 1. The van der Waals surface area contributed by atoms with Crippen molar-refractivity contribution in [1.29, 1.82) is 0 Å². The van der Waals surface area contributed by atoms with E-state index < -0.39 is 33.6 Å². The van der Waals surface area contributed by atoms with Crippen molar-refractivity contribution in [3.8, 4) is 0 Å². The third-order valence-corrected chi connectivity index (χ3v) is 1.92. The zero-order valence-electron chi connectivity index (χ0n) is 7.73. The van der Waals surface area contributed by atoms with Gasteiger partial charge in [0.2, 0.25) is 0 Å². The Labute approximate surface area is 120 Å². The fraction of sp³-hybridized carbons (Fsp3) is 0.143. The maximum Gasteiger partial charge on any atom is 1.00 e. The van der Waals surface area contributed by atoms with E-state index in [4.69, 9.17) is 23.2 Å². The minimum atomic E-state index is -4.88. The van der Waals surface area contributed by atoms with Gasteiger partial charge in [-0.1, -0.05) is 23.2 Å². The maximum absolute atomic E-state index is 12.3. The summed E-state index contributed by atoms with van der Waals surface area (Å²) in [6, 6.07) is 0.374. The van der Waals surface area contributed by atoms with E-state index in [1.165, 1.54) is 0 Å². The molecule has 0 aliphatic carbocycles. The number of aromatic carboxylic acids is 1. The van der Waals surface area contributed by atoms with Crippen molar-refractivity contribution in [1.82, 2.24) is 4.98 Å². The molecule has 3 nitrogen and oxygen atoms in total. The largest absolute Gasteiger partial charge is 1.00 e. The number of carboxylic acid groups (broad SMARTS) is 1. The van der Waals surface area contributed by atoms with Gasteiger partial charge in [-0.2, -0.15) is 13.2 Å². The van der Waals surface area contributed by atoms with Crippen LogP contribution in [0.1, 0.15) is 15.9 Å². The van der Waals surface area contributed by atoms with Gasteiger partial charge in [-0.05, 0) is 6.07 Å². The number of carbonyl (C=O) groups excluding carboxylic acids is 1. The third-order valence-electron chi connectivity index (χ3n) is 1.45. The van der Waals surface area contributed by atoms with Crippen LogP contribution in [0.25, 0.3) is 0 Å². The molecule has 0 N–H and O–H groups in total. The van der Waals surface area contributed by atoms with Crippen LogP contribution in [0.5, 0.6) is 0 Å². The average molecular weight is 282 g/mol. The molecule has 0 amide bonds. The first-order chi connectivity index (χ1) is 6.73. The summed E-state index contributed by atoms with van der Waals surface area (Å²) in [6.07, 6.45) is -4.88. The minimum Gasteiger partial charge on any atom is -0.545 e. The van der Waals surface area contributed by atoms with Gasteiger partial charge in [-0.15, -0.1) is 0 Å². The molecule has 1 aromatic heterocycles. The van der Waals surface area contributed by atoms with Crippen LogP contribution in [0, 0.1) is 0 Å². The van der Waals surface area contributed by atoms with Crippen LogP contribution >= 0.6 is 23.2 Å². The Morgan fingerprint density at radius 3 is 2.25 bits per heavy atom. The molecule has 82 valence electrons. The molecule has 0 spiro atoms. The molecular formula is C7HCl2F3NNaO2. The van der Waals surface area contributed by atoms with Crippen molar-refractivity contribution in [2.45, 2.75) is 6.18 Å². The smallest absolute Gasteiger partial charge is 0.545 e. The summed E-state index contributed by atoms with van der Waals surface area (Å²) < 4.78 is 37.0. The minimum absolute atomic E-state index is 0. The van der Waals surface area contributed by atoms with Gasteiger partial charge in [-0.25, -0.2) is 4.98 Å². The molecule has 9 heteroatoms. The molecule has 0 radical (unpaired) electrons. The maximum atomic E-state index is 12.3. The van der Waals surface area contributed by atoms with Crippen LogP contribution in [-0.2, 0) is 6.18 Å². The molecule has 0 atom stereocenters. The summed E-state index contributed by atoms with van der Waals surface area (Å²) >= 11 is 10.4. The molecular weight excluding hydrogens is 281 g/mol. The summed E-state index contributed by atoms with van der Waals surface area (Å²) in [4.78, 5) is 13.6. The van der Waals surface area contributed by atoms with E-state index >= 15 is 0 Å². The number of aromatic nitrogens is 1. The number of carboxylic acids is 1. The first-order valence-corrected chi connectivity index (χ1v) is 4.13. The molecule has 0 bridgehead atoms. The Morgan fingerprint density at radius 2 is 1.88 bits per heavy atom. The van der Waals surface area contributed by atoms with Crippen LogP contribution in [0.15, 0.2) is 6.07 Å². The monoisotopic (exact) mass is 281 g/mol. The second kappa shape index (κ2) is 5.55. The van der Waals surface area contributed by atoms with Gasteiger partial charge in [0.25, 0.3) is 0 Å². The van der Waals surface area contributed by atoms with Gasteiger partial charge < -0.3 is 9.90 Å². The Hall–Kier alpha value is -0.0100. The number of hydrogen-bond donors (Lipinski definition) is 0. The van der Waals surface area contributed by atoms with Gasteiger partial charge in [-0.3, -0.25) is 0 Å². The number of hydrogen-bond acceptors (Lipinski definition) is 3. The fourth-order valence-electron chi connectivity index (χ4n) is 0.902. The van der Waals surface area contributed by atoms with Crippen molar-refractivity contribution in [3.63, 3.8) is 0 Å². The second-order valence-electron chi connectivity index (χ2n) is 2.44. The molecule has 0 saturated carbocycles. The predicted octanol–water partition coefficient (Wildman–Crippen LogP) is -1.23. The molecule has 0 unspecified atom stereocenters. The molecule has 16 heavy (non-hydrogen) atoms. The van der Waals surface area contributed by atoms with Crippen molar-refractivity contribution in [2.75, 3.05) is 0 Å². The molecule has 0 aliphatic rings. The number of halogens is 5. The summed E-state index contributed by atoms with van der Waals surface area (Å²) in [5.41, 5.74) is -2.69. The van der Waals surface area contributed by atoms with E-state index in [1.54, 1.807) is 0 Å². The average Bonchev–Trinajstić information content (AvgIpc) is 1.99. The Bertz CT molecular complexity index is 425. The van der Waals surface area contributed by atoms with Crippen molar-refractivity contribution < 1.29 is 52.6 Å². The van der Waals surface area contributed by atoms with Crippen molar-refractivity contribution in [3.05, 3.63) is 27.5 Å². The van der Waals surface area contributed by atoms with Gasteiger partial charge in [0.15, 0.2) is 0 Å². The number of rotatable bonds is 1. The van der Waals surface area contributed by atoms with E-state index in [-0.39, 0.29) is 29.6 Å². The molecule has 1 heterocycles. The van der Waals surface area contributed by atoms with Crippen LogP contribution < -0.4 is 34.7 Å². The van der Waals surface area contributed by atoms with Gasteiger partial charge in [0, 0.05) is 5.56 Å². The summed E-state index contributed by atoms with van der Waals surface area (Å²) in [5.74, 6) is -2.06. The Kier molecular flexibility index (Phi) is 5.55. The topological polar surface area (TPSA) is 53.0 Å². The number of nitrogens with zero attached hydrogens (tertiary/aromatic N) is 1. The summed E-state index contributed by atoms with van der Waals surface area (Å²) in [5, 5.41) is 9.03. The summed E-state index contributed by atoms with van der Waals surface area (Å²) in [7, 11) is 0. The molecule has 1 rings (SSSR count). The zero-order chi connectivity index (χ0) is 11.8. The first-order valence-electron chi connectivity index (χ1n) is 3.38. The van der Waals surface area contributed by atoms with E-state index in [0.29, 0.717) is 6.07 Å². The Balaban J connectivity index is 0.00000225. The Morgan fingerprint density at radius 1 is 1.38 bits per heavy atom. The SMILES string of the molecule is O=C([O-])c1c(C(F)(F)F)cc(Cl)nc1Cl.[Na+]. The number of pyridine rings is 1. The van der Waals surface area contributed by atoms with Crippen LogP contribution in [0.4, 0.5) is 13.2 Å². The third kappa shape index (κ3) is 3.49. The van der Waals surface area contributed by atoms with E-state index in [9.17, 15) is 23.1 Å². The zero-order valence-corrected chi connectivity index (χ0v) is 11.2. The number of alkyl halides is 3. The molecule has 0 aromatic carbocycles. The predicted molar refractivity (Wildman–Crippen MR) is 43.6 cm³/mol. The first kappa shape index (κ1) is 16.0. The quantitative estimate of drug-likeness (QED) is 0.479. The molecule has 0 fully saturated rings. The molecule has 1 aromatic rings. The van der Waals surface area contributed by atoms with Crippen molar-refractivity contribution in [2.24, 2.45) is 0 Å². The van der Waals surface area contributed by atoms with E-state index in [1.807, 2.05) is 0 Å². The van der Waals surface area contributed by atoms with Gasteiger partial charge in [0.05, 0.1) is 11.5 Å². The van der Waals surface area contributed by atoms with Gasteiger partial charge >= 0.3 is 35.7 Å². The van der Waals surface area contributed by atoms with Crippen LogP contribution in [0.3, 0.4) is 0 Å². The van der Waals surface area contributed by atoms with E-state index in [2.05, 4.69) is 4.98 Å².